The van der Waals surface area contributed by atoms with Crippen molar-refractivity contribution >= 4 is 5.78 Å². The molecular weight excluding hydrogens is 222 g/mol. The van der Waals surface area contributed by atoms with Crippen molar-refractivity contribution in [2.24, 2.45) is 0 Å². The van der Waals surface area contributed by atoms with Crippen LogP contribution in [0.3, 0.4) is 0 Å². The number of carbonyl (C=O) groups is 1. The average Bonchev–Trinajstić information content (AvgIpc) is 2.44. The number of nitrogens with one attached hydrogen (secondary N) is 1. The maximum absolute atomic E-state index is 11.9. The second kappa shape index (κ2) is 5.07. The van der Waals surface area contributed by atoms with E-state index in [4.69, 9.17) is 0 Å². The monoisotopic (exact) mass is 241 g/mol. The number of hydrogen-bond donors (Lipinski definition) is 1. The molecule has 18 heavy (non-hydrogen) atoms. The van der Waals surface area contributed by atoms with Crippen molar-refractivity contribution in [2.45, 2.75) is 44.2 Å². The SMILES string of the molecule is O=C1CCC(NC2C=CCCC2)c2ccccc21. The maximum atomic E-state index is 11.9. The molecule has 2 unspecified atom stereocenters. The van der Waals surface area contributed by atoms with Gasteiger partial charge < -0.3 is 5.32 Å². The molecule has 2 nitrogen and oxygen atoms in total. The third-order valence-electron chi connectivity index (χ3n) is 3.97. The number of fused-ring (bicyclic) bond motifs is 1. The molecule has 94 valence electrons. The van der Waals surface area contributed by atoms with Gasteiger partial charge in [-0.3, -0.25) is 4.79 Å². The first-order valence-corrected chi connectivity index (χ1v) is 6.89. The van der Waals surface area contributed by atoms with Gasteiger partial charge in [0.15, 0.2) is 5.78 Å². The van der Waals surface area contributed by atoms with Crippen molar-refractivity contribution in [2.75, 3.05) is 0 Å². The van der Waals surface area contributed by atoms with Crippen molar-refractivity contribution in [3.05, 3.63) is 47.5 Å². The minimum Gasteiger partial charge on any atom is -0.304 e. The fraction of sp³-hybridized carbons (Fsp3) is 0.438. The van der Waals surface area contributed by atoms with E-state index in [2.05, 4.69) is 23.5 Å². The number of hydrogen-bond acceptors (Lipinski definition) is 2. The van der Waals surface area contributed by atoms with Gasteiger partial charge in [0.25, 0.3) is 0 Å². The van der Waals surface area contributed by atoms with Crippen molar-refractivity contribution < 1.29 is 4.79 Å². The summed E-state index contributed by atoms with van der Waals surface area (Å²) in [6.45, 7) is 0. The van der Waals surface area contributed by atoms with Crippen LogP contribution in [-0.2, 0) is 0 Å². The average molecular weight is 241 g/mol. The lowest BCUT2D eigenvalue weighted by Gasteiger charge is -2.29. The van der Waals surface area contributed by atoms with Crippen LogP contribution in [0.4, 0.5) is 0 Å². The van der Waals surface area contributed by atoms with Crippen LogP contribution < -0.4 is 5.32 Å². The van der Waals surface area contributed by atoms with Gasteiger partial charge in [-0.2, -0.15) is 0 Å². The zero-order chi connectivity index (χ0) is 12.4. The first kappa shape index (κ1) is 11.7. The van der Waals surface area contributed by atoms with Gasteiger partial charge in [0.1, 0.15) is 0 Å². The van der Waals surface area contributed by atoms with E-state index in [1.807, 2.05) is 18.2 Å². The van der Waals surface area contributed by atoms with E-state index in [1.165, 1.54) is 24.8 Å². The van der Waals surface area contributed by atoms with Gasteiger partial charge in [0, 0.05) is 24.1 Å². The summed E-state index contributed by atoms with van der Waals surface area (Å²) in [5.41, 5.74) is 2.11. The van der Waals surface area contributed by atoms with E-state index in [-0.39, 0.29) is 0 Å². The fourth-order valence-corrected chi connectivity index (χ4v) is 3.00. The number of Topliss-reactive ketones (excluding diaryl/α,β-unsaturated/α-hetero) is 1. The number of rotatable bonds is 2. The lowest BCUT2D eigenvalue weighted by atomic mass is 9.86. The number of carbonyl (C=O) groups excluding carboxylic acids is 1. The molecule has 1 aromatic carbocycles. The van der Waals surface area contributed by atoms with Gasteiger partial charge in [-0.15, -0.1) is 0 Å². The van der Waals surface area contributed by atoms with Gasteiger partial charge in [0.05, 0.1) is 0 Å². The summed E-state index contributed by atoms with van der Waals surface area (Å²) < 4.78 is 0. The molecule has 2 aliphatic carbocycles. The highest BCUT2D eigenvalue weighted by Gasteiger charge is 2.26. The summed E-state index contributed by atoms with van der Waals surface area (Å²) in [7, 11) is 0. The maximum Gasteiger partial charge on any atom is 0.163 e. The summed E-state index contributed by atoms with van der Waals surface area (Å²) in [6.07, 6.45) is 9.83. The number of benzene rings is 1. The zero-order valence-corrected chi connectivity index (χ0v) is 10.6. The Morgan fingerprint density at radius 3 is 2.89 bits per heavy atom. The standard InChI is InChI=1S/C16H19NO/c18-16-11-10-15(13-8-4-5-9-14(13)16)17-12-6-2-1-3-7-12/h2,4-6,8-9,12,15,17H,1,3,7,10-11H2. The molecule has 0 saturated heterocycles. The summed E-state index contributed by atoms with van der Waals surface area (Å²) in [5.74, 6) is 0.294. The normalized spacial score (nSPS) is 27.0. The highest BCUT2D eigenvalue weighted by molar-refractivity contribution is 5.98. The summed E-state index contributed by atoms with van der Waals surface area (Å²) in [5, 5.41) is 3.70. The molecule has 0 amide bonds. The second-order valence-corrected chi connectivity index (χ2v) is 5.23. The Morgan fingerprint density at radius 1 is 1.17 bits per heavy atom. The van der Waals surface area contributed by atoms with Crippen LogP contribution in [0.25, 0.3) is 0 Å². The van der Waals surface area contributed by atoms with Crippen LogP contribution in [-0.4, -0.2) is 11.8 Å². The molecule has 1 aromatic rings. The molecule has 0 aromatic heterocycles. The molecule has 0 radical (unpaired) electrons. The first-order chi connectivity index (χ1) is 8.84. The van der Waals surface area contributed by atoms with E-state index in [9.17, 15) is 4.79 Å². The van der Waals surface area contributed by atoms with Crippen molar-refractivity contribution in [3.8, 4) is 0 Å². The van der Waals surface area contributed by atoms with Crippen LogP contribution in [0.2, 0.25) is 0 Å². The molecule has 2 atom stereocenters. The Kier molecular flexibility index (Phi) is 3.28. The summed E-state index contributed by atoms with van der Waals surface area (Å²) in [4.78, 5) is 11.9. The molecule has 3 rings (SSSR count). The van der Waals surface area contributed by atoms with E-state index in [0.717, 1.165) is 12.0 Å². The third kappa shape index (κ3) is 2.25. The van der Waals surface area contributed by atoms with E-state index in [1.54, 1.807) is 0 Å². The minimum atomic E-state index is 0.294. The Hall–Kier alpha value is -1.41. The second-order valence-electron chi connectivity index (χ2n) is 5.23. The molecule has 1 N–H and O–H groups in total. The van der Waals surface area contributed by atoms with Crippen LogP contribution in [0, 0.1) is 0 Å². The summed E-state index contributed by atoms with van der Waals surface area (Å²) >= 11 is 0. The number of allylic oxidation sites excluding steroid dienone is 1. The van der Waals surface area contributed by atoms with Gasteiger partial charge in [-0.1, -0.05) is 36.4 Å². The van der Waals surface area contributed by atoms with E-state index >= 15 is 0 Å². The van der Waals surface area contributed by atoms with Crippen molar-refractivity contribution in [3.63, 3.8) is 0 Å². The largest absolute Gasteiger partial charge is 0.304 e. The molecule has 0 spiro atoms. The molecule has 0 fully saturated rings. The molecule has 0 saturated carbocycles. The van der Waals surface area contributed by atoms with E-state index < -0.39 is 0 Å². The molecule has 0 aliphatic heterocycles. The van der Waals surface area contributed by atoms with Gasteiger partial charge in [-0.25, -0.2) is 0 Å². The highest BCUT2D eigenvalue weighted by Crippen LogP contribution is 2.30. The zero-order valence-electron chi connectivity index (χ0n) is 10.6. The van der Waals surface area contributed by atoms with Gasteiger partial charge in [0.2, 0.25) is 0 Å². The van der Waals surface area contributed by atoms with Crippen LogP contribution in [0.1, 0.15) is 54.1 Å². The topological polar surface area (TPSA) is 29.1 Å². The van der Waals surface area contributed by atoms with Crippen LogP contribution in [0.15, 0.2) is 36.4 Å². The lowest BCUT2D eigenvalue weighted by Crippen LogP contribution is -2.35. The van der Waals surface area contributed by atoms with Crippen molar-refractivity contribution in [1.82, 2.24) is 5.32 Å². The first-order valence-electron chi connectivity index (χ1n) is 6.89. The minimum absolute atomic E-state index is 0.294. The highest BCUT2D eigenvalue weighted by atomic mass is 16.1. The fourth-order valence-electron chi connectivity index (χ4n) is 3.00. The molecular formula is C16H19NO. The van der Waals surface area contributed by atoms with Crippen LogP contribution >= 0.6 is 0 Å². The molecule has 2 heteroatoms. The van der Waals surface area contributed by atoms with E-state index in [0.29, 0.717) is 24.3 Å². The Bertz CT molecular complexity index is 478. The third-order valence-corrected chi connectivity index (χ3v) is 3.97. The predicted molar refractivity (Wildman–Crippen MR) is 72.7 cm³/mol. The van der Waals surface area contributed by atoms with Gasteiger partial charge >= 0.3 is 0 Å². The molecule has 0 bridgehead atoms. The van der Waals surface area contributed by atoms with Gasteiger partial charge in [-0.05, 0) is 31.2 Å². The Balaban J connectivity index is 1.81. The smallest absolute Gasteiger partial charge is 0.163 e. The Morgan fingerprint density at radius 2 is 2.06 bits per heavy atom. The quantitative estimate of drug-likeness (QED) is 0.804. The molecule has 2 aliphatic rings. The Labute approximate surface area is 108 Å². The predicted octanol–water partition coefficient (Wildman–Crippen LogP) is 3.40. The lowest BCUT2D eigenvalue weighted by molar-refractivity contribution is 0.0963. The van der Waals surface area contributed by atoms with Crippen LogP contribution in [0.5, 0.6) is 0 Å². The van der Waals surface area contributed by atoms with Crippen molar-refractivity contribution in [1.29, 1.82) is 0 Å². The number of ketones is 1. The summed E-state index contributed by atoms with van der Waals surface area (Å²) in [6, 6.07) is 8.86. The molecule has 0 heterocycles.